The summed E-state index contributed by atoms with van der Waals surface area (Å²) in [6.07, 6.45) is 1.69. The van der Waals surface area contributed by atoms with Crippen LogP contribution < -0.4 is 0 Å². The number of methoxy groups -OCH3 is 1. The Bertz CT molecular complexity index is 589. The molecule has 6 heteroatoms. The fourth-order valence-corrected chi connectivity index (χ4v) is 3.98. The molecule has 0 aromatic heterocycles. The van der Waals surface area contributed by atoms with Crippen molar-refractivity contribution < 1.29 is 17.9 Å². The number of rotatable bonds is 3. The molecule has 1 aliphatic rings. The van der Waals surface area contributed by atoms with E-state index in [4.69, 9.17) is 0 Å². The molecule has 0 radical (unpaired) electrons. The van der Waals surface area contributed by atoms with Gasteiger partial charge in [0.25, 0.3) is 0 Å². The second kappa shape index (κ2) is 5.93. The molecule has 0 unspecified atom stereocenters. The molecule has 1 heterocycles. The number of carbonyl (C=O) groups is 1. The first-order valence-corrected chi connectivity index (χ1v) is 8.08. The normalized spacial score (nSPS) is 17.9. The molecule has 0 N–H and O–H groups in total. The Hall–Kier alpha value is -1.40. The maximum Gasteiger partial charge on any atom is 0.339 e. The molecule has 1 aliphatic heterocycles. The van der Waals surface area contributed by atoms with E-state index in [9.17, 15) is 13.2 Å². The molecule has 1 saturated heterocycles. The highest BCUT2D eigenvalue weighted by Gasteiger charge is 2.31. The van der Waals surface area contributed by atoms with E-state index in [1.807, 2.05) is 0 Å². The lowest BCUT2D eigenvalue weighted by atomic mass is 10.0. The minimum atomic E-state index is -3.64. The van der Waals surface area contributed by atoms with E-state index in [1.165, 1.54) is 23.5 Å². The third kappa shape index (κ3) is 2.86. The van der Waals surface area contributed by atoms with Gasteiger partial charge in [-0.25, -0.2) is 13.2 Å². The minimum absolute atomic E-state index is 0.0291. The van der Waals surface area contributed by atoms with Crippen LogP contribution in [0.25, 0.3) is 0 Å². The zero-order valence-electron chi connectivity index (χ0n) is 11.7. The number of benzene rings is 1. The summed E-state index contributed by atoms with van der Waals surface area (Å²) in [6.45, 7) is 3.12. The van der Waals surface area contributed by atoms with Crippen molar-refractivity contribution >= 4 is 16.0 Å². The van der Waals surface area contributed by atoms with Gasteiger partial charge in [-0.2, -0.15) is 4.31 Å². The van der Waals surface area contributed by atoms with E-state index in [2.05, 4.69) is 11.7 Å². The summed E-state index contributed by atoms with van der Waals surface area (Å²) in [5.41, 5.74) is 0.0913. The maximum atomic E-state index is 12.7. The van der Waals surface area contributed by atoms with Crippen LogP contribution >= 0.6 is 0 Å². The molecule has 1 fully saturated rings. The summed E-state index contributed by atoms with van der Waals surface area (Å²) in [7, 11) is -2.39. The number of hydrogen-bond donors (Lipinski definition) is 0. The lowest BCUT2D eigenvalue weighted by molar-refractivity contribution is 0.0596. The number of nitrogens with zero attached hydrogens (tertiary/aromatic N) is 1. The van der Waals surface area contributed by atoms with Crippen LogP contribution in [0.5, 0.6) is 0 Å². The highest BCUT2D eigenvalue weighted by Crippen LogP contribution is 2.25. The van der Waals surface area contributed by atoms with Crippen LogP contribution in [0, 0.1) is 5.92 Å². The average molecular weight is 297 g/mol. The first-order valence-electron chi connectivity index (χ1n) is 6.64. The zero-order chi connectivity index (χ0) is 14.8. The zero-order valence-corrected chi connectivity index (χ0v) is 12.5. The highest BCUT2D eigenvalue weighted by atomic mass is 32.2. The Kier molecular flexibility index (Phi) is 4.45. The van der Waals surface area contributed by atoms with Crippen LogP contribution in [0.3, 0.4) is 0 Å². The third-order valence-electron chi connectivity index (χ3n) is 3.65. The van der Waals surface area contributed by atoms with Crippen LogP contribution in [-0.4, -0.2) is 38.9 Å². The van der Waals surface area contributed by atoms with Crippen molar-refractivity contribution in [3.8, 4) is 0 Å². The molecule has 1 aromatic carbocycles. The lowest BCUT2D eigenvalue weighted by Gasteiger charge is -2.29. The van der Waals surface area contributed by atoms with Crippen LogP contribution in [0.4, 0.5) is 0 Å². The monoisotopic (exact) mass is 297 g/mol. The summed E-state index contributed by atoms with van der Waals surface area (Å²) in [6, 6.07) is 6.18. The first-order chi connectivity index (χ1) is 9.46. The number of carbonyl (C=O) groups excluding carboxylic acids is 1. The van der Waals surface area contributed by atoms with Gasteiger partial charge in [-0.3, -0.25) is 0 Å². The Labute approximate surface area is 119 Å². The molecule has 0 bridgehead atoms. The standard InChI is InChI=1S/C14H19NO4S/c1-11-7-9-15(10-8-11)20(17,18)13-6-4-3-5-12(13)14(16)19-2/h3-6,11H,7-10H2,1-2H3. The van der Waals surface area contributed by atoms with Gasteiger partial charge in [0, 0.05) is 13.1 Å². The van der Waals surface area contributed by atoms with Gasteiger partial charge in [0.1, 0.15) is 0 Å². The topological polar surface area (TPSA) is 63.7 Å². The Morgan fingerprint density at radius 1 is 1.25 bits per heavy atom. The van der Waals surface area contributed by atoms with Gasteiger partial charge in [0.2, 0.25) is 10.0 Å². The molecule has 110 valence electrons. The average Bonchev–Trinajstić information content (AvgIpc) is 2.47. The van der Waals surface area contributed by atoms with Gasteiger partial charge in [0.05, 0.1) is 17.6 Å². The van der Waals surface area contributed by atoms with Crippen molar-refractivity contribution in [1.29, 1.82) is 0 Å². The number of ether oxygens (including phenoxy) is 1. The molecule has 1 aromatic rings. The Morgan fingerprint density at radius 3 is 2.45 bits per heavy atom. The third-order valence-corrected chi connectivity index (χ3v) is 5.61. The first kappa shape index (κ1) is 15.0. The SMILES string of the molecule is COC(=O)c1ccccc1S(=O)(=O)N1CCC(C)CC1. The van der Waals surface area contributed by atoms with E-state index in [0.717, 1.165) is 12.8 Å². The van der Waals surface area contributed by atoms with Gasteiger partial charge in [0.15, 0.2) is 0 Å². The van der Waals surface area contributed by atoms with Crippen molar-refractivity contribution in [2.24, 2.45) is 5.92 Å². The van der Waals surface area contributed by atoms with Crippen molar-refractivity contribution in [2.45, 2.75) is 24.7 Å². The molecule has 0 amide bonds. The van der Waals surface area contributed by atoms with E-state index in [-0.39, 0.29) is 10.5 Å². The van der Waals surface area contributed by atoms with Crippen molar-refractivity contribution in [3.05, 3.63) is 29.8 Å². The number of esters is 1. The second-order valence-corrected chi connectivity index (χ2v) is 6.98. The van der Waals surface area contributed by atoms with Gasteiger partial charge < -0.3 is 4.74 Å². The predicted molar refractivity (Wildman–Crippen MR) is 74.9 cm³/mol. The molecule has 2 rings (SSSR count). The second-order valence-electron chi connectivity index (χ2n) is 5.07. The number of piperidine rings is 1. The lowest BCUT2D eigenvalue weighted by Crippen LogP contribution is -2.38. The largest absolute Gasteiger partial charge is 0.465 e. The molecule has 0 atom stereocenters. The Morgan fingerprint density at radius 2 is 1.85 bits per heavy atom. The summed E-state index contributed by atoms with van der Waals surface area (Å²) in [4.78, 5) is 11.7. The molecular weight excluding hydrogens is 278 g/mol. The molecule has 20 heavy (non-hydrogen) atoms. The highest BCUT2D eigenvalue weighted by molar-refractivity contribution is 7.89. The summed E-state index contributed by atoms with van der Waals surface area (Å²) in [5, 5.41) is 0. The van der Waals surface area contributed by atoms with Crippen molar-refractivity contribution in [3.63, 3.8) is 0 Å². The van der Waals surface area contributed by atoms with E-state index in [0.29, 0.717) is 19.0 Å². The minimum Gasteiger partial charge on any atom is -0.465 e. The number of hydrogen-bond acceptors (Lipinski definition) is 4. The smallest absolute Gasteiger partial charge is 0.339 e. The van der Waals surface area contributed by atoms with E-state index < -0.39 is 16.0 Å². The quantitative estimate of drug-likeness (QED) is 0.799. The predicted octanol–water partition coefficient (Wildman–Crippen LogP) is 1.89. The van der Waals surface area contributed by atoms with Crippen LogP contribution in [-0.2, 0) is 14.8 Å². The van der Waals surface area contributed by atoms with Crippen LogP contribution in [0.2, 0.25) is 0 Å². The van der Waals surface area contributed by atoms with E-state index in [1.54, 1.807) is 12.1 Å². The summed E-state index contributed by atoms with van der Waals surface area (Å²) >= 11 is 0. The van der Waals surface area contributed by atoms with Gasteiger partial charge in [-0.15, -0.1) is 0 Å². The van der Waals surface area contributed by atoms with Crippen molar-refractivity contribution in [1.82, 2.24) is 4.31 Å². The molecule has 0 aliphatic carbocycles. The fourth-order valence-electron chi connectivity index (χ4n) is 2.33. The number of sulfonamides is 1. The molecule has 0 spiro atoms. The van der Waals surface area contributed by atoms with Gasteiger partial charge in [-0.1, -0.05) is 19.1 Å². The summed E-state index contributed by atoms with van der Waals surface area (Å²) in [5.74, 6) is -0.0909. The summed E-state index contributed by atoms with van der Waals surface area (Å²) < 4.78 is 31.4. The van der Waals surface area contributed by atoms with Crippen LogP contribution in [0.15, 0.2) is 29.2 Å². The van der Waals surface area contributed by atoms with E-state index >= 15 is 0 Å². The van der Waals surface area contributed by atoms with Crippen LogP contribution in [0.1, 0.15) is 30.1 Å². The Balaban J connectivity index is 2.37. The van der Waals surface area contributed by atoms with Crippen molar-refractivity contribution in [2.75, 3.05) is 20.2 Å². The molecular formula is C14H19NO4S. The fraction of sp³-hybridized carbons (Fsp3) is 0.500. The maximum absolute atomic E-state index is 12.7. The molecule has 0 saturated carbocycles. The van der Waals surface area contributed by atoms with Gasteiger partial charge >= 0.3 is 5.97 Å². The molecule has 5 nitrogen and oxygen atoms in total. The van der Waals surface area contributed by atoms with Gasteiger partial charge in [-0.05, 0) is 30.9 Å².